The summed E-state index contributed by atoms with van der Waals surface area (Å²) < 4.78 is 5.68. The van der Waals surface area contributed by atoms with Crippen molar-refractivity contribution in [3.05, 3.63) is 35.1 Å². The maximum absolute atomic E-state index is 8.74. The van der Waals surface area contributed by atoms with Gasteiger partial charge in [0.15, 0.2) is 0 Å². The smallest absolute Gasteiger partial charge is 0.134 e. The predicted octanol–water partition coefficient (Wildman–Crippen LogP) is 4.10. The average molecular weight is 227 g/mol. The van der Waals surface area contributed by atoms with Crippen LogP contribution < -0.4 is 0 Å². The van der Waals surface area contributed by atoms with Crippen molar-refractivity contribution in [2.75, 3.05) is 0 Å². The molecule has 0 saturated heterocycles. The van der Waals surface area contributed by atoms with Gasteiger partial charge in [0.2, 0.25) is 0 Å². The van der Waals surface area contributed by atoms with Crippen LogP contribution in [0.5, 0.6) is 0 Å². The van der Waals surface area contributed by atoms with Crippen LogP contribution in [0, 0.1) is 18.3 Å². The van der Waals surface area contributed by atoms with Crippen LogP contribution >= 0.6 is 0 Å². The molecular formula is C15H17NO. The molecule has 88 valence electrons. The van der Waals surface area contributed by atoms with Crippen LogP contribution in [-0.4, -0.2) is 0 Å². The standard InChI is InChI=1S/C15H17NO/c1-10-12-9-11(15(2,3)4)5-6-14(12)17-13(10)7-8-16/h5-6,9H,7H2,1-4H3. The van der Waals surface area contributed by atoms with Gasteiger partial charge < -0.3 is 4.42 Å². The Bertz CT molecular complexity index is 594. The lowest BCUT2D eigenvalue weighted by Gasteiger charge is -2.18. The number of aryl methyl sites for hydroxylation is 1. The maximum Gasteiger partial charge on any atom is 0.134 e. The summed E-state index contributed by atoms with van der Waals surface area (Å²) in [4.78, 5) is 0. The second-order valence-electron chi connectivity index (χ2n) is 5.45. The Balaban J connectivity index is 2.62. The van der Waals surface area contributed by atoms with Crippen molar-refractivity contribution in [1.29, 1.82) is 5.26 Å². The van der Waals surface area contributed by atoms with E-state index in [9.17, 15) is 0 Å². The summed E-state index contributed by atoms with van der Waals surface area (Å²) in [5, 5.41) is 9.87. The minimum Gasteiger partial charge on any atom is -0.460 e. The first-order valence-electron chi connectivity index (χ1n) is 5.83. The molecule has 0 unspecified atom stereocenters. The molecule has 2 rings (SSSR count). The summed E-state index contributed by atoms with van der Waals surface area (Å²) in [6.07, 6.45) is 0.339. The fourth-order valence-corrected chi connectivity index (χ4v) is 1.98. The van der Waals surface area contributed by atoms with Crippen LogP contribution in [0.4, 0.5) is 0 Å². The quantitative estimate of drug-likeness (QED) is 0.735. The summed E-state index contributed by atoms with van der Waals surface area (Å²) in [6, 6.07) is 8.41. The molecule has 0 aliphatic carbocycles. The van der Waals surface area contributed by atoms with Gasteiger partial charge >= 0.3 is 0 Å². The number of benzene rings is 1. The second-order valence-corrected chi connectivity index (χ2v) is 5.45. The minimum atomic E-state index is 0.132. The number of nitriles is 1. The molecule has 2 heteroatoms. The van der Waals surface area contributed by atoms with E-state index in [1.165, 1.54) is 5.56 Å². The van der Waals surface area contributed by atoms with E-state index in [1.54, 1.807) is 0 Å². The third-order valence-electron chi connectivity index (χ3n) is 3.14. The van der Waals surface area contributed by atoms with Crippen molar-refractivity contribution in [2.45, 2.75) is 39.5 Å². The van der Waals surface area contributed by atoms with Gasteiger partial charge in [-0.15, -0.1) is 0 Å². The van der Waals surface area contributed by atoms with Crippen LogP contribution in [0.15, 0.2) is 22.6 Å². The third kappa shape index (κ3) is 2.06. The molecule has 17 heavy (non-hydrogen) atoms. The van der Waals surface area contributed by atoms with E-state index in [0.29, 0.717) is 6.42 Å². The van der Waals surface area contributed by atoms with Gasteiger partial charge in [-0.1, -0.05) is 26.8 Å². The summed E-state index contributed by atoms with van der Waals surface area (Å²) in [5.74, 6) is 0.786. The lowest BCUT2D eigenvalue weighted by atomic mass is 9.86. The first-order valence-corrected chi connectivity index (χ1v) is 5.83. The molecule has 0 aliphatic rings. The number of rotatable bonds is 1. The predicted molar refractivity (Wildman–Crippen MR) is 69.0 cm³/mol. The maximum atomic E-state index is 8.74. The summed E-state index contributed by atoms with van der Waals surface area (Å²) in [7, 11) is 0. The summed E-state index contributed by atoms with van der Waals surface area (Å²) in [5.41, 5.74) is 3.39. The van der Waals surface area contributed by atoms with E-state index in [4.69, 9.17) is 9.68 Å². The highest BCUT2D eigenvalue weighted by Crippen LogP contribution is 2.30. The van der Waals surface area contributed by atoms with Crippen molar-refractivity contribution < 1.29 is 4.42 Å². The number of fused-ring (bicyclic) bond motifs is 1. The lowest BCUT2D eigenvalue weighted by Crippen LogP contribution is -2.10. The van der Waals surface area contributed by atoms with Crippen molar-refractivity contribution in [1.82, 2.24) is 0 Å². The van der Waals surface area contributed by atoms with Crippen molar-refractivity contribution in [3.8, 4) is 6.07 Å². The van der Waals surface area contributed by atoms with E-state index in [2.05, 4.69) is 39.0 Å². The highest BCUT2D eigenvalue weighted by molar-refractivity contribution is 5.83. The molecule has 0 fully saturated rings. The molecule has 1 aromatic carbocycles. The van der Waals surface area contributed by atoms with E-state index < -0.39 is 0 Å². The molecule has 0 saturated carbocycles. The first-order chi connectivity index (χ1) is 7.93. The number of hydrogen-bond donors (Lipinski definition) is 0. The molecule has 0 aliphatic heterocycles. The van der Waals surface area contributed by atoms with Crippen molar-refractivity contribution in [2.24, 2.45) is 0 Å². The van der Waals surface area contributed by atoms with Gasteiger partial charge in [0.1, 0.15) is 11.3 Å². The van der Waals surface area contributed by atoms with Gasteiger partial charge in [-0.05, 0) is 35.6 Å². The third-order valence-corrected chi connectivity index (χ3v) is 3.14. The zero-order valence-electron chi connectivity index (χ0n) is 10.8. The van der Waals surface area contributed by atoms with Gasteiger partial charge in [0, 0.05) is 5.39 Å². The topological polar surface area (TPSA) is 36.9 Å². The Morgan fingerprint density at radius 2 is 2.00 bits per heavy atom. The average Bonchev–Trinajstić information content (AvgIpc) is 2.55. The summed E-state index contributed by atoms with van der Waals surface area (Å²) in [6.45, 7) is 8.60. The van der Waals surface area contributed by atoms with E-state index in [-0.39, 0.29) is 5.41 Å². The molecule has 0 spiro atoms. The Hall–Kier alpha value is -1.75. The van der Waals surface area contributed by atoms with Gasteiger partial charge in [0.05, 0.1) is 12.5 Å². The van der Waals surface area contributed by atoms with Crippen LogP contribution in [-0.2, 0) is 11.8 Å². The van der Waals surface area contributed by atoms with Crippen LogP contribution in [0.2, 0.25) is 0 Å². The summed E-state index contributed by atoms with van der Waals surface area (Å²) >= 11 is 0. The largest absolute Gasteiger partial charge is 0.460 e. The SMILES string of the molecule is Cc1c(CC#N)oc2ccc(C(C)(C)C)cc12. The lowest BCUT2D eigenvalue weighted by molar-refractivity contribution is 0.562. The fourth-order valence-electron chi connectivity index (χ4n) is 1.98. The normalized spacial score (nSPS) is 11.7. The van der Waals surface area contributed by atoms with E-state index in [1.807, 2.05) is 13.0 Å². The highest BCUT2D eigenvalue weighted by atomic mass is 16.3. The van der Waals surface area contributed by atoms with E-state index >= 15 is 0 Å². The van der Waals surface area contributed by atoms with Gasteiger partial charge in [-0.2, -0.15) is 5.26 Å². The van der Waals surface area contributed by atoms with Crippen LogP contribution in [0.3, 0.4) is 0 Å². The Morgan fingerprint density at radius 1 is 1.29 bits per heavy atom. The fraction of sp³-hybridized carbons (Fsp3) is 0.400. The zero-order valence-corrected chi connectivity index (χ0v) is 10.8. The first kappa shape index (κ1) is 11.7. The highest BCUT2D eigenvalue weighted by Gasteiger charge is 2.16. The van der Waals surface area contributed by atoms with Crippen LogP contribution in [0.25, 0.3) is 11.0 Å². The van der Waals surface area contributed by atoms with Crippen LogP contribution in [0.1, 0.15) is 37.7 Å². The number of furan rings is 1. The number of hydrogen-bond acceptors (Lipinski definition) is 2. The van der Waals surface area contributed by atoms with Crippen molar-refractivity contribution in [3.63, 3.8) is 0 Å². The zero-order chi connectivity index (χ0) is 12.6. The molecular weight excluding hydrogens is 210 g/mol. The van der Waals surface area contributed by atoms with Gasteiger partial charge in [-0.25, -0.2) is 0 Å². The molecule has 0 atom stereocenters. The molecule has 1 heterocycles. The molecule has 0 N–H and O–H groups in total. The van der Waals surface area contributed by atoms with Gasteiger partial charge in [0.25, 0.3) is 0 Å². The Morgan fingerprint density at radius 3 is 2.59 bits per heavy atom. The Labute approximate surface area is 102 Å². The Kier molecular flexibility index (Phi) is 2.71. The number of nitrogens with zero attached hydrogens (tertiary/aromatic N) is 1. The molecule has 0 radical (unpaired) electrons. The van der Waals surface area contributed by atoms with Crippen molar-refractivity contribution >= 4 is 11.0 Å². The monoisotopic (exact) mass is 227 g/mol. The van der Waals surface area contributed by atoms with Gasteiger partial charge in [-0.3, -0.25) is 0 Å². The molecule has 2 aromatic rings. The minimum absolute atomic E-state index is 0.132. The molecule has 2 nitrogen and oxygen atoms in total. The molecule has 1 aromatic heterocycles. The second kappa shape index (κ2) is 3.92. The molecule has 0 bridgehead atoms. The van der Waals surface area contributed by atoms with E-state index in [0.717, 1.165) is 22.3 Å². The molecule has 0 amide bonds.